The summed E-state index contributed by atoms with van der Waals surface area (Å²) in [5.41, 5.74) is 9.99. The Kier molecular flexibility index (Phi) is 7.19. The van der Waals surface area contributed by atoms with Crippen LogP contribution in [0.15, 0.2) is 72.3 Å². The lowest BCUT2D eigenvalue weighted by Crippen LogP contribution is -2.26. The number of rotatable bonds is 8. The standard InChI is InChI=1S/C29H26ClFN8S/c1-38-14-20(12-36-38)18-7-21(28(35-11-18)19(8-32)9-33)17-5-6-27(34-10-17)39-15-23-22(24(23)16-39)13-37-40-29-25(30)3-2-4-26(29)31/h2-8,10-12,14,22-24,37H,13,15-16,32H2,1H3. The highest BCUT2D eigenvalue weighted by molar-refractivity contribution is 7.97. The molecule has 4 heterocycles. The molecule has 0 radical (unpaired) electrons. The number of hydrogen-bond acceptors (Lipinski definition) is 8. The lowest BCUT2D eigenvalue weighted by atomic mass is 9.98. The van der Waals surface area contributed by atoms with Crippen molar-refractivity contribution >= 4 is 34.9 Å². The second-order valence-electron chi connectivity index (χ2n) is 10.0. The van der Waals surface area contributed by atoms with Gasteiger partial charge in [-0.1, -0.05) is 17.7 Å². The first-order valence-electron chi connectivity index (χ1n) is 12.8. The van der Waals surface area contributed by atoms with E-state index in [1.165, 1.54) is 24.2 Å². The zero-order chi connectivity index (χ0) is 27.8. The van der Waals surface area contributed by atoms with Crippen LogP contribution in [0, 0.1) is 34.9 Å². The minimum Gasteiger partial charge on any atom is -0.403 e. The van der Waals surface area contributed by atoms with Crippen molar-refractivity contribution in [2.75, 3.05) is 24.5 Å². The van der Waals surface area contributed by atoms with Gasteiger partial charge >= 0.3 is 0 Å². The number of piperidine rings is 1. The summed E-state index contributed by atoms with van der Waals surface area (Å²) in [6.07, 6.45) is 8.53. The first-order chi connectivity index (χ1) is 19.5. The molecule has 1 aromatic carbocycles. The minimum atomic E-state index is -0.309. The van der Waals surface area contributed by atoms with Gasteiger partial charge in [0.15, 0.2) is 0 Å². The molecule has 40 heavy (non-hydrogen) atoms. The van der Waals surface area contributed by atoms with E-state index in [2.05, 4.69) is 25.8 Å². The van der Waals surface area contributed by atoms with E-state index in [9.17, 15) is 9.65 Å². The van der Waals surface area contributed by atoms with Crippen LogP contribution in [0.3, 0.4) is 0 Å². The molecule has 1 aliphatic carbocycles. The normalized spacial score (nSPS) is 19.9. The van der Waals surface area contributed by atoms with Gasteiger partial charge in [-0.15, -0.1) is 0 Å². The fourth-order valence-electron chi connectivity index (χ4n) is 5.46. The fourth-order valence-corrected chi connectivity index (χ4v) is 6.49. The van der Waals surface area contributed by atoms with Gasteiger partial charge in [0, 0.05) is 73.7 Å². The molecule has 2 atom stereocenters. The van der Waals surface area contributed by atoms with Gasteiger partial charge in [0.2, 0.25) is 0 Å². The van der Waals surface area contributed by atoms with E-state index in [-0.39, 0.29) is 5.82 Å². The van der Waals surface area contributed by atoms with Gasteiger partial charge in [-0.05, 0) is 60.0 Å². The lowest BCUT2D eigenvalue weighted by molar-refractivity contribution is 0.599. The van der Waals surface area contributed by atoms with Gasteiger partial charge in [0.25, 0.3) is 0 Å². The van der Waals surface area contributed by atoms with Crippen molar-refractivity contribution in [2.45, 2.75) is 4.90 Å². The summed E-state index contributed by atoms with van der Waals surface area (Å²) in [4.78, 5) is 12.1. The number of pyridine rings is 2. The molecule has 1 saturated carbocycles. The zero-order valence-electron chi connectivity index (χ0n) is 21.6. The Hall–Kier alpha value is -3.91. The SMILES string of the molecule is Cn1cc(-c2cnc(C(C#N)=CN)c(-c3ccc(N4CC5C(CNSc6c(F)cccc6Cl)C5C4)nc3)c2)cn1. The van der Waals surface area contributed by atoms with E-state index in [1.54, 1.807) is 29.2 Å². The van der Waals surface area contributed by atoms with Crippen LogP contribution in [0.25, 0.3) is 27.8 Å². The molecule has 202 valence electrons. The largest absolute Gasteiger partial charge is 0.403 e. The van der Waals surface area contributed by atoms with E-state index in [1.807, 2.05) is 37.6 Å². The molecule has 1 saturated heterocycles. The molecule has 3 aromatic heterocycles. The van der Waals surface area contributed by atoms with Crippen molar-refractivity contribution in [1.29, 1.82) is 5.26 Å². The van der Waals surface area contributed by atoms with E-state index in [0.717, 1.165) is 47.7 Å². The number of nitriles is 1. The monoisotopic (exact) mass is 572 g/mol. The summed E-state index contributed by atoms with van der Waals surface area (Å²) in [7, 11) is 1.86. The van der Waals surface area contributed by atoms with Crippen LogP contribution in [0.1, 0.15) is 5.69 Å². The van der Waals surface area contributed by atoms with E-state index in [0.29, 0.717) is 38.9 Å². The second kappa shape index (κ2) is 10.9. The van der Waals surface area contributed by atoms with E-state index in [4.69, 9.17) is 22.3 Å². The number of aromatic nitrogens is 4. The quantitative estimate of drug-likeness (QED) is 0.221. The topological polar surface area (TPSA) is 109 Å². The number of hydrogen-bond donors (Lipinski definition) is 2. The number of benzene rings is 1. The lowest BCUT2D eigenvalue weighted by Gasteiger charge is -2.21. The van der Waals surface area contributed by atoms with Crippen LogP contribution in [0.5, 0.6) is 0 Å². The third-order valence-electron chi connectivity index (χ3n) is 7.63. The molecule has 1 aliphatic heterocycles. The molecule has 2 unspecified atom stereocenters. The summed E-state index contributed by atoms with van der Waals surface area (Å²) in [6.45, 7) is 2.68. The molecule has 2 fully saturated rings. The smallest absolute Gasteiger partial charge is 0.139 e. The highest BCUT2D eigenvalue weighted by Crippen LogP contribution is 2.52. The molecule has 8 nitrogen and oxygen atoms in total. The Morgan fingerprint density at radius 2 is 1.98 bits per heavy atom. The summed E-state index contributed by atoms with van der Waals surface area (Å²) < 4.78 is 19.0. The first-order valence-corrected chi connectivity index (χ1v) is 14.0. The van der Waals surface area contributed by atoms with Crippen molar-refractivity contribution in [1.82, 2.24) is 24.5 Å². The molecule has 0 amide bonds. The van der Waals surface area contributed by atoms with Gasteiger partial charge in [0.1, 0.15) is 17.7 Å². The Bertz CT molecular complexity index is 1600. The maximum absolute atomic E-state index is 14.0. The molecular formula is C29H26ClFN8S. The Labute approximate surface area is 240 Å². The number of aryl methyl sites for hydroxylation is 1. The summed E-state index contributed by atoms with van der Waals surface area (Å²) >= 11 is 7.38. The Morgan fingerprint density at radius 3 is 2.62 bits per heavy atom. The van der Waals surface area contributed by atoms with Crippen molar-refractivity contribution in [3.8, 4) is 28.3 Å². The predicted octanol–water partition coefficient (Wildman–Crippen LogP) is 5.14. The third kappa shape index (κ3) is 5.04. The molecule has 3 N–H and O–H groups in total. The van der Waals surface area contributed by atoms with Crippen LogP contribution >= 0.6 is 23.5 Å². The van der Waals surface area contributed by atoms with Crippen LogP contribution < -0.4 is 15.4 Å². The maximum Gasteiger partial charge on any atom is 0.139 e. The Balaban J connectivity index is 1.13. The molecule has 2 aliphatic rings. The summed E-state index contributed by atoms with van der Waals surface area (Å²) in [6, 6.07) is 12.9. The number of nitrogens with zero attached hydrogens (tertiary/aromatic N) is 6. The first kappa shape index (κ1) is 26.3. The third-order valence-corrected chi connectivity index (χ3v) is 8.99. The number of fused-ring (bicyclic) bond motifs is 1. The highest BCUT2D eigenvalue weighted by Gasteiger charge is 2.55. The predicted molar refractivity (Wildman–Crippen MR) is 155 cm³/mol. The van der Waals surface area contributed by atoms with Gasteiger partial charge in [0.05, 0.1) is 27.4 Å². The van der Waals surface area contributed by atoms with Crippen LogP contribution in [-0.2, 0) is 7.05 Å². The molecule has 11 heteroatoms. The van der Waals surface area contributed by atoms with Crippen LogP contribution in [0.4, 0.5) is 10.2 Å². The van der Waals surface area contributed by atoms with Gasteiger partial charge in [-0.3, -0.25) is 14.4 Å². The van der Waals surface area contributed by atoms with Crippen molar-refractivity contribution in [3.05, 3.63) is 83.9 Å². The van der Waals surface area contributed by atoms with Crippen molar-refractivity contribution in [2.24, 2.45) is 30.5 Å². The number of nitrogens with two attached hydrogens (primary N) is 1. The summed E-state index contributed by atoms with van der Waals surface area (Å²) in [5, 5.41) is 14.3. The van der Waals surface area contributed by atoms with Gasteiger partial charge in [-0.2, -0.15) is 10.4 Å². The average Bonchev–Trinajstić information content (AvgIpc) is 3.27. The van der Waals surface area contributed by atoms with Crippen LogP contribution in [0.2, 0.25) is 5.02 Å². The Morgan fingerprint density at radius 1 is 1.18 bits per heavy atom. The fraction of sp³-hybridized carbons (Fsp3) is 0.241. The number of anilines is 1. The minimum absolute atomic E-state index is 0.298. The van der Waals surface area contributed by atoms with E-state index < -0.39 is 0 Å². The molecule has 4 aromatic rings. The zero-order valence-corrected chi connectivity index (χ0v) is 23.2. The number of allylic oxidation sites excluding steroid dienone is 1. The molecular weight excluding hydrogens is 547 g/mol. The van der Waals surface area contributed by atoms with Crippen LogP contribution in [-0.4, -0.2) is 39.4 Å². The summed E-state index contributed by atoms with van der Waals surface area (Å²) in [5.74, 6) is 2.35. The maximum atomic E-state index is 14.0. The van der Waals surface area contributed by atoms with Crippen molar-refractivity contribution in [3.63, 3.8) is 0 Å². The second-order valence-corrected chi connectivity index (χ2v) is 11.3. The van der Waals surface area contributed by atoms with Gasteiger partial charge < -0.3 is 10.6 Å². The molecule has 0 spiro atoms. The number of nitrogens with one attached hydrogen (secondary N) is 1. The van der Waals surface area contributed by atoms with E-state index >= 15 is 0 Å². The molecule has 6 rings (SSSR count). The number of halogens is 2. The average molecular weight is 573 g/mol. The highest BCUT2D eigenvalue weighted by atomic mass is 35.5. The van der Waals surface area contributed by atoms with Crippen molar-refractivity contribution < 1.29 is 4.39 Å². The van der Waals surface area contributed by atoms with Gasteiger partial charge in [-0.25, -0.2) is 9.37 Å². The molecule has 0 bridgehead atoms.